The van der Waals surface area contributed by atoms with Crippen LogP contribution >= 0.6 is 27.3 Å². The number of carbonyl (C=O) groups is 1. The van der Waals surface area contributed by atoms with Gasteiger partial charge in [-0.05, 0) is 60.9 Å². The van der Waals surface area contributed by atoms with Crippen LogP contribution in [-0.4, -0.2) is 29.1 Å². The lowest BCUT2D eigenvalue weighted by atomic mass is 10.1. The number of carboxylic acids is 1. The molecular weight excluding hydrogens is 472 g/mol. The zero-order valence-corrected chi connectivity index (χ0v) is 18.7. The van der Waals surface area contributed by atoms with Crippen molar-refractivity contribution in [3.63, 3.8) is 0 Å². The molecule has 0 atom stereocenters. The summed E-state index contributed by atoms with van der Waals surface area (Å²) in [6, 6.07) is 7.23. The lowest BCUT2D eigenvalue weighted by Gasteiger charge is -2.12. The number of ether oxygens (including phenoxy) is 2. The number of benzene rings is 2. The highest BCUT2D eigenvalue weighted by Crippen LogP contribution is 2.34. The van der Waals surface area contributed by atoms with E-state index in [1.807, 2.05) is 26.0 Å². The number of fused-ring (bicyclic) bond motifs is 3. The molecule has 4 aromatic rings. The van der Waals surface area contributed by atoms with Gasteiger partial charge >= 0.3 is 0 Å². The Morgan fingerprint density at radius 2 is 1.97 bits per heavy atom. The van der Waals surface area contributed by atoms with Crippen LogP contribution in [-0.2, 0) is 4.79 Å². The van der Waals surface area contributed by atoms with Gasteiger partial charge in [-0.2, -0.15) is 0 Å². The number of halogens is 1. The van der Waals surface area contributed by atoms with Gasteiger partial charge in [-0.25, -0.2) is 9.38 Å². The van der Waals surface area contributed by atoms with Gasteiger partial charge in [0.1, 0.15) is 6.61 Å². The predicted molar refractivity (Wildman–Crippen MR) is 116 cm³/mol. The molecule has 0 N–H and O–H groups in total. The van der Waals surface area contributed by atoms with Crippen LogP contribution in [0.2, 0.25) is 0 Å². The molecule has 4 rings (SSSR count). The number of aryl methyl sites for hydroxylation is 2. The molecule has 2 aromatic carbocycles. The molecule has 0 radical (unpaired) electrons. The second kappa shape index (κ2) is 7.73. The average Bonchev–Trinajstić information content (AvgIpc) is 3.18. The van der Waals surface area contributed by atoms with Gasteiger partial charge in [-0.3, -0.25) is 4.79 Å². The summed E-state index contributed by atoms with van der Waals surface area (Å²) in [6.07, 6.45) is 1.74. The maximum atomic E-state index is 13.1. The first-order chi connectivity index (χ1) is 14.3. The number of carbonyl (C=O) groups excluding carboxylic acids is 1. The summed E-state index contributed by atoms with van der Waals surface area (Å²) in [5.41, 5.74) is 4.35. The van der Waals surface area contributed by atoms with Crippen LogP contribution in [0, 0.1) is 13.8 Å². The number of thiazole rings is 1. The number of aliphatic carboxylic acids is 1. The third kappa shape index (κ3) is 3.54. The molecule has 154 valence electrons. The number of carboxylic acid groups (broad SMARTS) is 1. The summed E-state index contributed by atoms with van der Waals surface area (Å²) in [5.74, 6) is -0.735. The van der Waals surface area contributed by atoms with Crippen LogP contribution < -0.4 is 24.7 Å². The Morgan fingerprint density at radius 1 is 1.23 bits per heavy atom. The number of hydrogen-bond acceptors (Lipinski definition) is 7. The Balaban J connectivity index is 1.85. The standard InChI is InChI=1S/C21H17BrN2O5S/c1-10-4-14-15(5-11(10)2)24-20(27)18(30-21(24)23-14)7-12-6-16(28-3)17(8-13(12)22)29-9-19(25)26/h4-8H,9H2,1-3H3,(H,25,26)/p-1/b18-7-. The monoisotopic (exact) mass is 487 g/mol. The molecule has 0 saturated heterocycles. The molecule has 9 heteroatoms. The molecule has 30 heavy (non-hydrogen) atoms. The van der Waals surface area contributed by atoms with Crippen molar-refractivity contribution >= 4 is 55.3 Å². The van der Waals surface area contributed by atoms with E-state index in [2.05, 4.69) is 20.9 Å². The second-order valence-electron chi connectivity index (χ2n) is 6.76. The fourth-order valence-electron chi connectivity index (χ4n) is 3.13. The highest BCUT2D eigenvalue weighted by Gasteiger charge is 2.14. The number of imidazole rings is 1. The van der Waals surface area contributed by atoms with E-state index in [1.54, 1.807) is 22.6 Å². The molecule has 0 aliphatic carbocycles. The number of aromatic nitrogens is 2. The molecule has 0 unspecified atom stereocenters. The minimum Gasteiger partial charge on any atom is -0.546 e. The Labute approximate surface area is 183 Å². The largest absolute Gasteiger partial charge is 0.546 e. The van der Waals surface area contributed by atoms with Gasteiger partial charge in [0.2, 0.25) is 0 Å². The fourth-order valence-corrected chi connectivity index (χ4v) is 4.54. The molecule has 0 aliphatic rings. The van der Waals surface area contributed by atoms with Gasteiger partial charge in [-0.1, -0.05) is 27.3 Å². The Morgan fingerprint density at radius 3 is 2.67 bits per heavy atom. The van der Waals surface area contributed by atoms with E-state index in [9.17, 15) is 14.7 Å². The van der Waals surface area contributed by atoms with Gasteiger partial charge in [0, 0.05) is 4.47 Å². The molecule has 7 nitrogen and oxygen atoms in total. The van der Waals surface area contributed by atoms with Gasteiger partial charge < -0.3 is 19.4 Å². The summed E-state index contributed by atoms with van der Waals surface area (Å²) < 4.78 is 13.3. The van der Waals surface area contributed by atoms with E-state index in [-0.39, 0.29) is 11.3 Å². The van der Waals surface area contributed by atoms with E-state index in [1.165, 1.54) is 18.4 Å². The molecule has 2 aromatic heterocycles. The zero-order chi connectivity index (χ0) is 21.6. The predicted octanol–water partition coefficient (Wildman–Crippen LogP) is 1.97. The summed E-state index contributed by atoms with van der Waals surface area (Å²) >= 11 is 4.74. The maximum absolute atomic E-state index is 13.1. The molecule has 0 bridgehead atoms. The number of nitrogens with zero attached hydrogens (tertiary/aromatic N) is 2. The minimum atomic E-state index is -1.33. The van der Waals surface area contributed by atoms with Crippen molar-refractivity contribution in [1.82, 2.24) is 9.38 Å². The summed E-state index contributed by atoms with van der Waals surface area (Å²) in [7, 11) is 1.45. The number of rotatable bonds is 5. The topological polar surface area (TPSA) is 93.0 Å². The molecular formula is C21H16BrN2O5S-. The van der Waals surface area contributed by atoms with Crippen molar-refractivity contribution < 1.29 is 19.4 Å². The lowest BCUT2D eigenvalue weighted by molar-refractivity contribution is -0.307. The van der Waals surface area contributed by atoms with Crippen LogP contribution in [0.25, 0.3) is 22.1 Å². The van der Waals surface area contributed by atoms with Crippen LogP contribution in [0.15, 0.2) is 33.5 Å². The van der Waals surface area contributed by atoms with E-state index in [0.717, 1.165) is 22.2 Å². The molecule has 0 aliphatic heterocycles. The Hall–Kier alpha value is -2.91. The summed E-state index contributed by atoms with van der Waals surface area (Å²) in [5, 5.41) is 10.7. The fraction of sp³-hybridized carbons (Fsp3) is 0.190. The number of methoxy groups -OCH3 is 1. The molecule has 0 amide bonds. The average molecular weight is 488 g/mol. The smallest absolute Gasteiger partial charge is 0.274 e. The zero-order valence-electron chi connectivity index (χ0n) is 16.3. The molecule has 0 saturated carbocycles. The highest BCUT2D eigenvalue weighted by atomic mass is 79.9. The van der Waals surface area contributed by atoms with Crippen LogP contribution in [0.5, 0.6) is 11.5 Å². The van der Waals surface area contributed by atoms with Crippen molar-refractivity contribution in [3.05, 3.63) is 60.3 Å². The van der Waals surface area contributed by atoms with Gasteiger partial charge in [0.15, 0.2) is 16.5 Å². The van der Waals surface area contributed by atoms with Crippen LogP contribution in [0.1, 0.15) is 16.7 Å². The first kappa shape index (κ1) is 20.4. The quantitative estimate of drug-likeness (QED) is 0.427. The lowest BCUT2D eigenvalue weighted by Crippen LogP contribution is -2.29. The first-order valence-corrected chi connectivity index (χ1v) is 10.5. The third-order valence-corrected chi connectivity index (χ3v) is 6.42. The van der Waals surface area contributed by atoms with Crippen LogP contribution in [0.4, 0.5) is 0 Å². The van der Waals surface area contributed by atoms with Crippen molar-refractivity contribution in [2.45, 2.75) is 13.8 Å². The van der Waals surface area contributed by atoms with E-state index in [0.29, 0.717) is 25.3 Å². The Kier molecular flexibility index (Phi) is 5.25. The van der Waals surface area contributed by atoms with E-state index in [4.69, 9.17) is 9.47 Å². The van der Waals surface area contributed by atoms with Crippen molar-refractivity contribution in [1.29, 1.82) is 0 Å². The van der Waals surface area contributed by atoms with Crippen molar-refractivity contribution in [2.75, 3.05) is 13.7 Å². The SMILES string of the molecule is COc1cc(/C=c2\sc3nc4cc(C)c(C)cc4n3c2=O)c(Br)cc1OCC(=O)[O-]. The molecule has 0 fully saturated rings. The first-order valence-electron chi connectivity index (χ1n) is 8.92. The summed E-state index contributed by atoms with van der Waals surface area (Å²) in [4.78, 5) is 29.0. The van der Waals surface area contributed by atoms with Crippen molar-refractivity contribution in [3.8, 4) is 11.5 Å². The summed E-state index contributed by atoms with van der Waals surface area (Å²) in [6.45, 7) is 3.43. The van der Waals surface area contributed by atoms with Crippen molar-refractivity contribution in [2.24, 2.45) is 0 Å². The van der Waals surface area contributed by atoms with Crippen LogP contribution in [0.3, 0.4) is 0 Å². The third-order valence-electron chi connectivity index (χ3n) is 4.77. The van der Waals surface area contributed by atoms with E-state index < -0.39 is 12.6 Å². The normalized spacial score (nSPS) is 12.1. The highest BCUT2D eigenvalue weighted by molar-refractivity contribution is 9.10. The Bertz CT molecular complexity index is 1420. The molecule has 2 heterocycles. The maximum Gasteiger partial charge on any atom is 0.274 e. The minimum absolute atomic E-state index is 0.149. The van der Waals surface area contributed by atoms with Gasteiger partial charge in [0.25, 0.3) is 5.56 Å². The molecule has 0 spiro atoms. The van der Waals surface area contributed by atoms with Gasteiger partial charge in [-0.15, -0.1) is 0 Å². The number of hydrogen-bond donors (Lipinski definition) is 0. The second-order valence-corrected chi connectivity index (χ2v) is 8.62. The van der Waals surface area contributed by atoms with Gasteiger partial charge in [0.05, 0.1) is 28.6 Å². The van der Waals surface area contributed by atoms with E-state index >= 15 is 0 Å².